The Kier molecular flexibility index (Phi) is 4.83. The number of para-hydroxylation sites is 2. The summed E-state index contributed by atoms with van der Waals surface area (Å²) in [5.74, 6) is 0. The van der Waals surface area contributed by atoms with Crippen LogP contribution in [0.2, 0.25) is 0 Å². The van der Waals surface area contributed by atoms with Crippen LogP contribution < -0.4 is 9.47 Å². The molecule has 4 nitrogen and oxygen atoms in total. The van der Waals surface area contributed by atoms with Crippen molar-refractivity contribution in [2.45, 2.75) is 32.3 Å². The Morgan fingerprint density at radius 2 is 1.73 bits per heavy atom. The Morgan fingerprint density at radius 3 is 2.50 bits per heavy atom. The monoisotopic (exact) mass is 413 g/mol. The molecule has 4 aromatic rings. The molecule has 5 heteroatoms. The zero-order valence-electron chi connectivity index (χ0n) is 17.5. The summed E-state index contributed by atoms with van der Waals surface area (Å²) in [5.41, 5.74) is 5.87. The number of hydrogen-bond donors (Lipinski definition) is 0. The molecule has 0 fully saturated rings. The predicted molar refractivity (Wildman–Crippen MR) is 125 cm³/mol. The van der Waals surface area contributed by atoms with Crippen LogP contribution in [-0.4, -0.2) is 16.3 Å². The number of fused-ring (bicyclic) bond motifs is 2. The van der Waals surface area contributed by atoms with E-state index in [1.165, 1.54) is 32.3 Å². The SMILES string of the molecule is CCN1C(=Cc2ccc3ccccc3[n+]2CC)Sc2c1c(C)nn2-c1ccccc1. The number of thioether (sulfide) groups is 1. The number of aromatic nitrogens is 3. The molecule has 5 rings (SSSR count). The van der Waals surface area contributed by atoms with Gasteiger partial charge in [0.2, 0.25) is 11.2 Å². The van der Waals surface area contributed by atoms with Gasteiger partial charge in [-0.3, -0.25) is 0 Å². The van der Waals surface area contributed by atoms with E-state index in [-0.39, 0.29) is 0 Å². The number of anilines is 1. The molecule has 150 valence electrons. The quantitative estimate of drug-likeness (QED) is 0.409. The fourth-order valence-electron chi connectivity index (χ4n) is 4.21. The zero-order valence-corrected chi connectivity index (χ0v) is 18.4. The highest BCUT2D eigenvalue weighted by molar-refractivity contribution is 8.03. The first-order chi connectivity index (χ1) is 14.7. The maximum atomic E-state index is 4.84. The summed E-state index contributed by atoms with van der Waals surface area (Å²) in [6.07, 6.45) is 2.32. The molecule has 0 saturated carbocycles. The summed E-state index contributed by atoms with van der Waals surface area (Å²) in [6.45, 7) is 8.36. The lowest BCUT2D eigenvalue weighted by molar-refractivity contribution is -0.669. The van der Waals surface area contributed by atoms with E-state index in [0.717, 1.165) is 24.5 Å². The van der Waals surface area contributed by atoms with E-state index >= 15 is 0 Å². The number of nitrogens with zero attached hydrogens (tertiary/aromatic N) is 4. The third-order valence-electron chi connectivity index (χ3n) is 5.60. The number of rotatable bonds is 4. The summed E-state index contributed by atoms with van der Waals surface area (Å²) < 4.78 is 4.46. The molecule has 0 spiro atoms. The van der Waals surface area contributed by atoms with Gasteiger partial charge in [-0.05, 0) is 56.8 Å². The van der Waals surface area contributed by atoms with Crippen LogP contribution in [0.1, 0.15) is 25.2 Å². The van der Waals surface area contributed by atoms with Gasteiger partial charge in [-0.15, -0.1) is 0 Å². The van der Waals surface area contributed by atoms with Crippen LogP contribution in [-0.2, 0) is 6.54 Å². The molecule has 0 atom stereocenters. The molecule has 0 bridgehead atoms. The van der Waals surface area contributed by atoms with E-state index < -0.39 is 0 Å². The first-order valence-electron chi connectivity index (χ1n) is 10.4. The lowest BCUT2D eigenvalue weighted by Gasteiger charge is -2.17. The van der Waals surface area contributed by atoms with Gasteiger partial charge in [-0.2, -0.15) is 9.67 Å². The molecule has 3 heterocycles. The van der Waals surface area contributed by atoms with Gasteiger partial charge in [0, 0.05) is 30.1 Å². The molecular formula is C25H25N4S+. The Balaban J connectivity index is 1.62. The van der Waals surface area contributed by atoms with Gasteiger partial charge in [-0.1, -0.05) is 30.3 Å². The number of hydrogen-bond acceptors (Lipinski definition) is 3. The van der Waals surface area contributed by atoms with Gasteiger partial charge in [0.25, 0.3) is 0 Å². The van der Waals surface area contributed by atoms with Gasteiger partial charge < -0.3 is 4.90 Å². The van der Waals surface area contributed by atoms with Crippen LogP contribution >= 0.6 is 11.8 Å². The van der Waals surface area contributed by atoms with Gasteiger partial charge in [0.15, 0.2) is 0 Å². The average Bonchev–Trinajstić information content (AvgIpc) is 3.30. The minimum Gasteiger partial charge on any atom is -0.332 e. The Hall–Kier alpha value is -3.05. The first-order valence-corrected chi connectivity index (χ1v) is 11.3. The van der Waals surface area contributed by atoms with Crippen molar-refractivity contribution >= 4 is 34.4 Å². The first kappa shape index (κ1) is 18.9. The van der Waals surface area contributed by atoms with E-state index in [1.807, 2.05) is 6.07 Å². The van der Waals surface area contributed by atoms with Crippen LogP contribution in [0.25, 0.3) is 22.7 Å². The molecule has 2 aromatic carbocycles. The van der Waals surface area contributed by atoms with E-state index in [4.69, 9.17) is 5.10 Å². The standard InChI is InChI=1S/C25H25N4S/c1-4-27-21(16-15-19-11-9-10-14-22(19)27)17-23-28(5-2)24-18(3)26-29(25(24)30-23)20-12-7-6-8-13-20/h6-17H,4-5H2,1-3H3/q+1. The smallest absolute Gasteiger partial charge is 0.212 e. The summed E-state index contributed by atoms with van der Waals surface area (Å²) >= 11 is 1.80. The average molecular weight is 414 g/mol. The topological polar surface area (TPSA) is 24.9 Å². The number of aryl methyl sites for hydroxylation is 2. The lowest BCUT2D eigenvalue weighted by atomic mass is 10.2. The van der Waals surface area contributed by atoms with E-state index in [0.29, 0.717) is 0 Å². The van der Waals surface area contributed by atoms with Crippen LogP contribution in [0.5, 0.6) is 0 Å². The van der Waals surface area contributed by atoms with Crippen molar-refractivity contribution in [1.82, 2.24) is 9.78 Å². The number of pyridine rings is 1. The maximum Gasteiger partial charge on any atom is 0.212 e. The Morgan fingerprint density at radius 1 is 0.967 bits per heavy atom. The minimum atomic E-state index is 0.910. The van der Waals surface area contributed by atoms with Crippen molar-refractivity contribution in [2.75, 3.05) is 11.4 Å². The zero-order chi connectivity index (χ0) is 20.7. The lowest BCUT2D eigenvalue weighted by Crippen LogP contribution is -2.36. The molecular weight excluding hydrogens is 388 g/mol. The summed E-state index contributed by atoms with van der Waals surface area (Å²) in [4.78, 5) is 2.39. The molecule has 0 amide bonds. The molecule has 0 radical (unpaired) electrons. The summed E-state index contributed by atoms with van der Waals surface area (Å²) in [7, 11) is 0. The second-order valence-corrected chi connectivity index (χ2v) is 8.39. The highest BCUT2D eigenvalue weighted by Crippen LogP contribution is 2.48. The molecule has 30 heavy (non-hydrogen) atoms. The largest absolute Gasteiger partial charge is 0.332 e. The van der Waals surface area contributed by atoms with Gasteiger partial charge in [0.05, 0.1) is 22.1 Å². The highest BCUT2D eigenvalue weighted by atomic mass is 32.2. The van der Waals surface area contributed by atoms with Gasteiger partial charge in [-0.25, -0.2) is 4.68 Å². The molecule has 0 unspecified atom stereocenters. The predicted octanol–water partition coefficient (Wildman–Crippen LogP) is 5.57. The van der Waals surface area contributed by atoms with Crippen LogP contribution in [0.3, 0.4) is 0 Å². The van der Waals surface area contributed by atoms with E-state index in [2.05, 4.69) is 102 Å². The van der Waals surface area contributed by atoms with Gasteiger partial charge >= 0.3 is 0 Å². The Bertz CT molecular complexity index is 1260. The highest BCUT2D eigenvalue weighted by Gasteiger charge is 2.32. The van der Waals surface area contributed by atoms with Gasteiger partial charge in [0.1, 0.15) is 11.6 Å². The third-order valence-corrected chi connectivity index (χ3v) is 6.71. The van der Waals surface area contributed by atoms with Crippen LogP contribution in [0, 0.1) is 6.92 Å². The molecule has 0 aliphatic carbocycles. The fraction of sp³-hybridized carbons (Fsp3) is 0.200. The van der Waals surface area contributed by atoms with E-state index in [1.54, 1.807) is 11.8 Å². The van der Waals surface area contributed by atoms with Crippen LogP contribution in [0.15, 0.2) is 76.8 Å². The fourth-order valence-corrected chi connectivity index (χ4v) is 5.51. The van der Waals surface area contributed by atoms with Crippen molar-refractivity contribution < 1.29 is 4.57 Å². The minimum absolute atomic E-state index is 0.910. The second kappa shape index (κ2) is 7.65. The molecule has 0 N–H and O–H groups in total. The van der Waals surface area contributed by atoms with Crippen molar-refractivity contribution in [3.05, 3.63) is 83.1 Å². The third kappa shape index (κ3) is 3.01. The second-order valence-electron chi connectivity index (χ2n) is 7.38. The summed E-state index contributed by atoms with van der Waals surface area (Å²) in [6, 6.07) is 23.4. The van der Waals surface area contributed by atoms with Crippen molar-refractivity contribution in [2.24, 2.45) is 0 Å². The number of benzene rings is 2. The van der Waals surface area contributed by atoms with Crippen molar-refractivity contribution in [3.8, 4) is 5.69 Å². The normalized spacial score (nSPS) is 14.6. The molecule has 2 aromatic heterocycles. The van der Waals surface area contributed by atoms with Crippen LogP contribution in [0.4, 0.5) is 5.69 Å². The molecule has 1 aliphatic rings. The van der Waals surface area contributed by atoms with Crippen molar-refractivity contribution in [1.29, 1.82) is 0 Å². The summed E-state index contributed by atoms with van der Waals surface area (Å²) in [5, 5.41) is 8.54. The molecule has 1 aliphatic heterocycles. The Labute approximate surface area is 181 Å². The van der Waals surface area contributed by atoms with Crippen molar-refractivity contribution in [3.63, 3.8) is 0 Å². The molecule has 0 saturated heterocycles. The maximum absolute atomic E-state index is 4.84. The van der Waals surface area contributed by atoms with E-state index in [9.17, 15) is 0 Å².